The van der Waals surface area contributed by atoms with Crippen molar-refractivity contribution in [1.82, 2.24) is 10.2 Å². The maximum atomic E-state index is 12.8. The Morgan fingerprint density at radius 1 is 1.29 bits per heavy atom. The molecule has 1 aliphatic heterocycles. The van der Waals surface area contributed by atoms with Gasteiger partial charge in [0.2, 0.25) is 0 Å². The van der Waals surface area contributed by atoms with Crippen molar-refractivity contribution < 1.29 is 4.79 Å². The van der Waals surface area contributed by atoms with E-state index in [1.165, 1.54) is 18.4 Å². The molecule has 2 heterocycles. The van der Waals surface area contributed by atoms with Crippen LogP contribution in [0.2, 0.25) is 0 Å². The summed E-state index contributed by atoms with van der Waals surface area (Å²) < 4.78 is 0. The molecule has 108 valence electrons. The number of carbonyl (C=O) groups is 1. The zero-order valence-corrected chi connectivity index (χ0v) is 12.2. The summed E-state index contributed by atoms with van der Waals surface area (Å²) in [5.74, 6) is 1.11. The van der Waals surface area contributed by atoms with E-state index in [9.17, 15) is 4.79 Å². The van der Waals surface area contributed by atoms with Crippen molar-refractivity contribution in [2.75, 3.05) is 11.4 Å². The van der Waals surface area contributed by atoms with Crippen molar-refractivity contribution in [3.63, 3.8) is 0 Å². The highest BCUT2D eigenvalue weighted by Crippen LogP contribution is 2.39. The summed E-state index contributed by atoms with van der Waals surface area (Å²) >= 11 is 0. The molecule has 0 bridgehead atoms. The zero-order valence-electron chi connectivity index (χ0n) is 12.2. The molecule has 1 saturated carbocycles. The SMILES string of the molecule is C[C@H]1CCN(C(=O)c2cc(C3CC3)[nH]n2)c2ccccc21. The molecular weight excluding hydrogens is 262 g/mol. The topological polar surface area (TPSA) is 49.0 Å². The number of hydrogen-bond acceptors (Lipinski definition) is 2. The Balaban J connectivity index is 1.66. The molecular formula is C17H19N3O. The molecule has 1 aromatic carbocycles. The van der Waals surface area contributed by atoms with Crippen LogP contribution in [-0.4, -0.2) is 22.6 Å². The number of para-hydroxylation sites is 1. The summed E-state index contributed by atoms with van der Waals surface area (Å²) in [6.07, 6.45) is 3.42. The lowest BCUT2D eigenvalue weighted by atomic mass is 9.91. The number of rotatable bonds is 2. The van der Waals surface area contributed by atoms with Gasteiger partial charge in [-0.1, -0.05) is 25.1 Å². The van der Waals surface area contributed by atoms with Crippen LogP contribution in [-0.2, 0) is 0 Å². The van der Waals surface area contributed by atoms with Crippen LogP contribution in [0.25, 0.3) is 0 Å². The van der Waals surface area contributed by atoms with E-state index in [2.05, 4.69) is 23.2 Å². The summed E-state index contributed by atoms with van der Waals surface area (Å²) in [5, 5.41) is 7.25. The van der Waals surface area contributed by atoms with Crippen molar-refractivity contribution in [3.8, 4) is 0 Å². The molecule has 21 heavy (non-hydrogen) atoms. The number of nitrogens with zero attached hydrogens (tertiary/aromatic N) is 2. The molecule has 1 amide bonds. The van der Waals surface area contributed by atoms with Gasteiger partial charge >= 0.3 is 0 Å². The molecule has 1 aliphatic carbocycles. The number of fused-ring (bicyclic) bond motifs is 1. The van der Waals surface area contributed by atoms with Gasteiger partial charge < -0.3 is 4.90 Å². The summed E-state index contributed by atoms with van der Waals surface area (Å²) in [6.45, 7) is 2.99. The standard InChI is InChI=1S/C17H19N3O/c1-11-8-9-20(16-5-3-2-4-13(11)16)17(21)15-10-14(18-19-15)12-6-7-12/h2-5,10-12H,6-9H2,1H3,(H,18,19)/t11-/m0/s1. The van der Waals surface area contributed by atoms with Gasteiger partial charge in [-0.15, -0.1) is 0 Å². The van der Waals surface area contributed by atoms with Gasteiger partial charge in [0.25, 0.3) is 5.91 Å². The number of H-pyrrole nitrogens is 1. The summed E-state index contributed by atoms with van der Waals surface area (Å²) in [7, 11) is 0. The Bertz CT molecular complexity index is 687. The molecule has 0 unspecified atom stereocenters. The minimum absolute atomic E-state index is 0.0116. The average Bonchev–Trinajstić information content (AvgIpc) is 3.25. The van der Waals surface area contributed by atoms with E-state index >= 15 is 0 Å². The number of benzene rings is 1. The van der Waals surface area contributed by atoms with Gasteiger partial charge in [-0.2, -0.15) is 5.10 Å². The predicted octanol–water partition coefficient (Wildman–Crippen LogP) is 3.44. The van der Waals surface area contributed by atoms with Gasteiger partial charge in [-0.3, -0.25) is 9.89 Å². The number of anilines is 1. The first-order valence-corrected chi connectivity index (χ1v) is 7.70. The Labute approximate surface area is 124 Å². The molecule has 2 aliphatic rings. The number of aromatic nitrogens is 2. The Hall–Kier alpha value is -2.10. The molecule has 0 saturated heterocycles. The third-order valence-electron chi connectivity index (χ3n) is 4.62. The van der Waals surface area contributed by atoms with Gasteiger partial charge in [0.1, 0.15) is 0 Å². The first kappa shape index (κ1) is 12.6. The molecule has 0 spiro atoms. The van der Waals surface area contributed by atoms with E-state index in [0.29, 0.717) is 17.5 Å². The van der Waals surface area contributed by atoms with Crippen LogP contribution in [0.15, 0.2) is 30.3 Å². The van der Waals surface area contributed by atoms with Gasteiger partial charge in [0, 0.05) is 23.8 Å². The first-order chi connectivity index (χ1) is 10.2. The molecule has 1 N–H and O–H groups in total. The van der Waals surface area contributed by atoms with Crippen LogP contribution in [0.3, 0.4) is 0 Å². The van der Waals surface area contributed by atoms with Gasteiger partial charge in [0.05, 0.1) is 0 Å². The maximum absolute atomic E-state index is 12.8. The maximum Gasteiger partial charge on any atom is 0.278 e. The molecule has 1 fully saturated rings. The number of nitrogens with one attached hydrogen (secondary N) is 1. The van der Waals surface area contributed by atoms with Gasteiger partial charge in [-0.25, -0.2) is 0 Å². The van der Waals surface area contributed by atoms with E-state index in [0.717, 1.165) is 24.3 Å². The van der Waals surface area contributed by atoms with Crippen molar-refractivity contribution in [3.05, 3.63) is 47.3 Å². The highest BCUT2D eigenvalue weighted by Gasteiger charge is 2.30. The number of hydrogen-bond donors (Lipinski definition) is 1. The number of amides is 1. The highest BCUT2D eigenvalue weighted by atomic mass is 16.2. The van der Waals surface area contributed by atoms with Crippen molar-refractivity contribution in [2.24, 2.45) is 0 Å². The summed E-state index contributed by atoms with van der Waals surface area (Å²) in [6, 6.07) is 10.1. The molecule has 4 rings (SSSR count). The van der Waals surface area contributed by atoms with E-state index in [4.69, 9.17) is 0 Å². The summed E-state index contributed by atoms with van der Waals surface area (Å²) in [4.78, 5) is 14.6. The van der Waals surface area contributed by atoms with Crippen LogP contribution in [0.1, 0.15) is 59.8 Å². The molecule has 1 aromatic heterocycles. The van der Waals surface area contributed by atoms with Gasteiger partial charge in [0.15, 0.2) is 5.69 Å². The van der Waals surface area contributed by atoms with E-state index < -0.39 is 0 Å². The minimum Gasteiger partial charge on any atom is -0.307 e. The van der Waals surface area contributed by atoms with E-state index in [1.54, 1.807) is 0 Å². The van der Waals surface area contributed by atoms with E-state index in [-0.39, 0.29) is 5.91 Å². The van der Waals surface area contributed by atoms with Crippen molar-refractivity contribution in [2.45, 2.75) is 38.0 Å². The smallest absolute Gasteiger partial charge is 0.278 e. The lowest BCUT2D eigenvalue weighted by Gasteiger charge is -2.32. The molecule has 4 heteroatoms. The Kier molecular flexibility index (Phi) is 2.84. The Morgan fingerprint density at radius 3 is 2.90 bits per heavy atom. The van der Waals surface area contributed by atoms with Gasteiger partial charge in [-0.05, 0) is 42.9 Å². The van der Waals surface area contributed by atoms with Crippen LogP contribution in [0.4, 0.5) is 5.69 Å². The highest BCUT2D eigenvalue weighted by molar-refractivity contribution is 6.05. The molecule has 4 nitrogen and oxygen atoms in total. The van der Waals surface area contributed by atoms with Crippen LogP contribution in [0.5, 0.6) is 0 Å². The second-order valence-corrected chi connectivity index (χ2v) is 6.19. The monoisotopic (exact) mass is 281 g/mol. The van der Waals surface area contributed by atoms with Crippen LogP contribution in [0, 0.1) is 0 Å². The largest absolute Gasteiger partial charge is 0.307 e. The van der Waals surface area contributed by atoms with Crippen LogP contribution < -0.4 is 4.90 Å². The third kappa shape index (κ3) is 2.15. The number of aromatic amines is 1. The Morgan fingerprint density at radius 2 is 2.10 bits per heavy atom. The normalized spacial score (nSPS) is 21.2. The fourth-order valence-corrected chi connectivity index (χ4v) is 3.15. The first-order valence-electron chi connectivity index (χ1n) is 7.70. The van der Waals surface area contributed by atoms with Crippen LogP contribution >= 0.6 is 0 Å². The average molecular weight is 281 g/mol. The lowest BCUT2D eigenvalue weighted by molar-refractivity contribution is 0.0979. The minimum atomic E-state index is 0.0116. The molecule has 2 aromatic rings. The lowest BCUT2D eigenvalue weighted by Crippen LogP contribution is -2.36. The predicted molar refractivity (Wildman–Crippen MR) is 81.7 cm³/mol. The molecule has 1 atom stereocenters. The third-order valence-corrected chi connectivity index (χ3v) is 4.62. The van der Waals surface area contributed by atoms with Crippen molar-refractivity contribution >= 4 is 11.6 Å². The second kappa shape index (κ2) is 4.72. The quantitative estimate of drug-likeness (QED) is 0.916. The fourth-order valence-electron chi connectivity index (χ4n) is 3.15. The second-order valence-electron chi connectivity index (χ2n) is 6.19. The zero-order chi connectivity index (χ0) is 14.4. The summed E-state index contributed by atoms with van der Waals surface area (Å²) in [5.41, 5.74) is 3.95. The number of carbonyl (C=O) groups excluding carboxylic acids is 1. The van der Waals surface area contributed by atoms with Crippen molar-refractivity contribution in [1.29, 1.82) is 0 Å². The molecule has 0 radical (unpaired) electrons. The fraction of sp³-hybridized carbons (Fsp3) is 0.412. The van der Waals surface area contributed by atoms with E-state index in [1.807, 2.05) is 29.2 Å².